The quantitative estimate of drug-likeness (QED) is 0.499. The van der Waals surface area contributed by atoms with Gasteiger partial charge < -0.3 is 21.7 Å². The summed E-state index contributed by atoms with van der Waals surface area (Å²) in [5.41, 5.74) is 12.8. The second-order valence-electron chi connectivity index (χ2n) is 5.32. The summed E-state index contributed by atoms with van der Waals surface area (Å²) in [5, 5.41) is 2.88. The second-order valence-corrected chi connectivity index (χ2v) is 6.71. The van der Waals surface area contributed by atoms with Crippen molar-refractivity contribution in [3.63, 3.8) is 0 Å². The maximum atomic E-state index is 11.3. The van der Waals surface area contributed by atoms with E-state index in [1.54, 1.807) is 24.3 Å². The van der Waals surface area contributed by atoms with Crippen LogP contribution in [0.4, 0.5) is 22.7 Å². The molecular weight excluding hydrogens is 316 g/mol. The molecule has 0 aliphatic carbocycles. The highest BCUT2D eigenvalue weighted by atomic mass is 32.2. The van der Waals surface area contributed by atoms with E-state index in [0.717, 1.165) is 0 Å². The Bertz CT molecular complexity index is 741. The Labute approximate surface area is 136 Å². The molecule has 23 heavy (non-hydrogen) atoms. The fraction of sp³-hybridized carbons (Fsp3) is 0.200. The van der Waals surface area contributed by atoms with Gasteiger partial charge in [0, 0.05) is 17.1 Å². The number of hydrogen-bond acceptors (Lipinski definition) is 6. The van der Waals surface area contributed by atoms with Crippen molar-refractivity contribution in [1.82, 2.24) is 4.90 Å². The Morgan fingerprint density at radius 1 is 0.957 bits per heavy atom. The lowest BCUT2D eigenvalue weighted by molar-refractivity contribution is 0.483. The fourth-order valence-electron chi connectivity index (χ4n) is 1.58. The van der Waals surface area contributed by atoms with Gasteiger partial charge in [-0.15, -0.1) is 0 Å². The van der Waals surface area contributed by atoms with Crippen LogP contribution in [0.2, 0.25) is 0 Å². The number of benzene rings is 2. The molecule has 0 amide bonds. The molecule has 0 saturated carbocycles. The Balaban J connectivity index is 0.000000593. The van der Waals surface area contributed by atoms with E-state index < -0.39 is 10.1 Å². The van der Waals surface area contributed by atoms with Crippen molar-refractivity contribution in [2.24, 2.45) is 0 Å². The average molecular weight is 338 g/mol. The Kier molecular flexibility index (Phi) is 6.38. The van der Waals surface area contributed by atoms with Crippen LogP contribution in [-0.2, 0) is 10.1 Å². The molecule has 2 aromatic carbocycles. The summed E-state index contributed by atoms with van der Waals surface area (Å²) in [6.45, 7) is 0. The van der Waals surface area contributed by atoms with E-state index >= 15 is 0 Å². The number of rotatable bonds is 3. The molecule has 0 fully saturated rings. The largest absolute Gasteiger partial charge is 0.399 e. The lowest BCUT2D eigenvalue weighted by Crippen LogP contribution is -2.04. The lowest BCUT2D eigenvalue weighted by Gasteiger charge is -2.11. The van der Waals surface area contributed by atoms with Gasteiger partial charge >= 0.3 is 0 Å². The molecule has 0 bridgehead atoms. The molecule has 0 unspecified atom stereocenters. The van der Waals surface area contributed by atoms with Crippen molar-refractivity contribution >= 4 is 32.9 Å². The first-order chi connectivity index (χ1) is 10.6. The van der Waals surface area contributed by atoms with Gasteiger partial charge in [0.2, 0.25) is 0 Å². The summed E-state index contributed by atoms with van der Waals surface area (Å²) in [6, 6.07) is 10.9. The van der Waals surface area contributed by atoms with Gasteiger partial charge in [-0.05, 0) is 63.6 Å². The van der Waals surface area contributed by atoms with Crippen LogP contribution in [0.25, 0.3) is 0 Å². The number of nitrogen functional groups attached to an aromatic ring is 2. The van der Waals surface area contributed by atoms with Crippen molar-refractivity contribution in [3.05, 3.63) is 42.5 Å². The molecule has 0 atom stereocenters. The number of nitrogens with one attached hydrogen (secondary N) is 1. The van der Waals surface area contributed by atoms with Crippen LogP contribution in [0.1, 0.15) is 0 Å². The third kappa shape index (κ3) is 6.55. The highest BCUT2D eigenvalue weighted by Gasteiger charge is 2.16. The molecule has 0 aromatic heterocycles. The highest BCUT2D eigenvalue weighted by molar-refractivity contribution is 7.86. The normalized spacial score (nSPS) is 10.8. The summed E-state index contributed by atoms with van der Waals surface area (Å²) in [6.07, 6.45) is 0. The summed E-state index contributed by atoms with van der Waals surface area (Å²) < 4.78 is 31.8. The van der Waals surface area contributed by atoms with Gasteiger partial charge in [0.1, 0.15) is 4.90 Å². The number of anilines is 4. The molecule has 2 aromatic rings. The minimum absolute atomic E-state index is 0.237. The first kappa shape index (κ1) is 18.8. The first-order valence-corrected chi connectivity index (χ1v) is 8.14. The maximum absolute atomic E-state index is 11.3. The molecule has 0 radical (unpaired) electrons. The summed E-state index contributed by atoms with van der Waals surface area (Å²) in [4.78, 5) is 1.73. The van der Waals surface area contributed by atoms with Crippen LogP contribution in [0, 0.1) is 0 Å². The molecule has 0 aliphatic heterocycles. The number of nitrogens with two attached hydrogens (primary N) is 2. The third-order valence-electron chi connectivity index (χ3n) is 2.47. The van der Waals surface area contributed by atoms with E-state index in [0.29, 0.717) is 11.4 Å². The molecule has 126 valence electrons. The lowest BCUT2D eigenvalue weighted by atomic mass is 10.2. The number of hydrogen-bond donors (Lipinski definition) is 4. The van der Waals surface area contributed by atoms with E-state index in [1.165, 1.54) is 18.2 Å². The molecular formula is C15H22N4O3S. The van der Waals surface area contributed by atoms with Crippen LogP contribution in [0.5, 0.6) is 0 Å². The van der Waals surface area contributed by atoms with E-state index in [4.69, 9.17) is 11.5 Å². The topological polar surface area (TPSA) is 122 Å². The Hall–Kier alpha value is -2.29. The molecule has 8 heteroatoms. The van der Waals surface area contributed by atoms with Gasteiger partial charge in [0.05, 0.1) is 5.69 Å². The first-order valence-electron chi connectivity index (χ1n) is 6.70. The van der Waals surface area contributed by atoms with Crippen LogP contribution in [0.3, 0.4) is 0 Å². The third-order valence-corrected chi connectivity index (χ3v) is 3.37. The molecule has 0 heterocycles. The smallest absolute Gasteiger partial charge is 0.296 e. The minimum atomic E-state index is -4.35. The van der Waals surface area contributed by atoms with Gasteiger partial charge in [-0.2, -0.15) is 8.42 Å². The van der Waals surface area contributed by atoms with Crippen molar-refractivity contribution in [1.29, 1.82) is 0 Å². The Morgan fingerprint density at radius 2 is 1.43 bits per heavy atom. The predicted octanol–water partition coefficient (Wildman–Crippen LogP) is 2.02. The molecule has 0 saturated heterocycles. The molecule has 6 N–H and O–H groups in total. The number of nitrogens with zero attached hydrogens (tertiary/aromatic N) is 1. The van der Waals surface area contributed by atoms with E-state index in [-0.39, 0.29) is 16.3 Å². The molecule has 0 spiro atoms. The molecule has 7 nitrogen and oxygen atoms in total. The van der Waals surface area contributed by atoms with E-state index in [9.17, 15) is 13.0 Å². The Morgan fingerprint density at radius 3 is 1.91 bits per heavy atom. The van der Waals surface area contributed by atoms with Crippen LogP contribution >= 0.6 is 0 Å². The van der Waals surface area contributed by atoms with E-state index in [1.807, 2.05) is 26.0 Å². The zero-order valence-electron chi connectivity index (χ0n) is 13.3. The van der Waals surface area contributed by atoms with Gasteiger partial charge in [-0.25, -0.2) is 0 Å². The standard InChI is InChI=1S/C12H13N3O3S.C3H9N/c13-8-1-4-10(5-2-8)15-11-6-3-9(14)7-12(11)19(16,17)18;1-4(2)3/h1-7,15H,13-14H2,(H,16,17,18);1-3H3. The summed E-state index contributed by atoms with van der Waals surface area (Å²) in [7, 11) is 1.65. The molecule has 2 rings (SSSR count). The zero-order valence-corrected chi connectivity index (χ0v) is 14.1. The zero-order chi connectivity index (χ0) is 17.6. The monoisotopic (exact) mass is 338 g/mol. The SMILES string of the molecule is CN(C)C.Nc1ccc(Nc2ccc(N)cc2S(=O)(=O)O)cc1. The maximum Gasteiger partial charge on any atom is 0.296 e. The van der Waals surface area contributed by atoms with Gasteiger partial charge in [0.15, 0.2) is 0 Å². The minimum Gasteiger partial charge on any atom is -0.399 e. The van der Waals surface area contributed by atoms with Crippen molar-refractivity contribution in [2.75, 3.05) is 37.9 Å². The van der Waals surface area contributed by atoms with Gasteiger partial charge in [0.25, 0.3) is 10.1 Å². The van der Waals surface area contributed by atoms with Gasteiger partial charge in [-0.3, -0.25) is 4.55 Å². The van der Waals surface area contributed by atoms with Crippen LogP contribution in [-0.4, -0.2) is 39.0 Å². The summed E-state index contributed by atoms with van der Waals surface area (Å²) in [5.74, 6) is 0. The second kappa shape index (κ2) is 7.82. The summed E-state index contributed by atoms with van der Waals surface area (Å²) >= 11 is 0. The highest BCUT2D eigenvalue weighted by Crippen LogP contribution is 2.27. The van der Waals surface area contributed by atoms with Gasteiger partial charge in [-0.1, -0.05) is 0 Å². The van der Waals surface area contributed by atoms with Crippen LogP contribution < -0.4 is 16.8 Å². The predicted molar refractivity (Wildman–Crippen MR) is 94.4 cm³/mol. The van der Waals surface area contributed by atoms with Crippen LogP contribution in [0.15, 0.2) is 47.4 Å². The van der Waals surface area contributed by atoms with E-state index in [2.05, 4.69) is 5.32 Å². The van der Waals surface area contributed by atoms with Crippen molar-refractivity contribution in [3.8, 4) is 0 Å². The molecule has 0 aliphatic rings. The van der Waals surface area contributed by atoms with Crippen molar-refractivity contribution in [2.45, 2.75) is 4.90 Å². The fourth-order valence-corrected chi connectivity index (χ4v) is 2.26. The average Bonchev–Trinajstić information content (AvgIpc) is 2.41. The van der Waals surface area contributed by atoms with Crippen molar-refractivity contribution < 1.29 is 13.0 Å².